The average Bonchev–Trinajstić information content (AvgIpc) is 2.14. The van der Waals surface area contributed by atoms with E-state index < -0.39 is 0 Å². The summed E-state index contributed by atoms with van der Waals surface area (Å²) in [6.45, 7) is 2.11. The molecule has 1 unspecified atom stereocenters. The van der Waals surface area contributed by atoms with Crippen LogP contribution in [0.3, 0.4) is 0 Å². The fraction of sp³-hybridized carbons (Fsp3) is 0.500. The number of hydrogen-bond donors (Lipinski definition) is 2. The van der Waals surface area contributed by atoms with Gasteiger partial charge in [-0.15, -0.1) is 0 Å². The molecule has 0 aromatic carbocycles. The monoisotopic (exact) mass is 258 g/mol. The van der Waals surface area contributed by atoms with E-state index in [1.165, 1.54) is 0 Å². The van der Waals surface area contributed by atoms with Crippen LogP contribution in [-0.4, -0.2) is 29.0 Å². The second-order valence-corrected chi connectivity index (χ2v) is 4.03. The lowest BCUT2D eigenvalue weighted by atomic mass is 10.2. The second-order valence-electron chi connectivity index (χ2n) is 3.64. The summed E-state index contributed by atoms with van der Waals surface area (Å²) >= 11 is 5.84. The molecule has 0 saturated carbocycles. The van der Waals surface area contributed by atoms with Gasteiger partial charge in [0.1, 0.15) is 17.6 Å². The third kappa shape index (κ3) is 4.97. The highest BCUT2D eigenvalue weighted by Crippen LogP contribution is 2.13. The molecule has 0 aliphatic carbocycles. The molecule has 1 amide bonds. The van der Waals surface area contributed by atoms with Crippen molar-refractivity contribution in [2.75, 3.05) is 12.4 Å². The lowest BCUT2D eigenvalue weighted by molar-refractivity contribution is -0.118. The number of rotatable bonds is 6. The van der Waals surface area contributed by atoms with Crippen molar-refractivity contribution in [3.63, 3.8) is 0 Å². The molecule has 0 fully saturated rings. The van der Waals surface area contributed by atoms with Gasteiger partial charge < -0.3 is 15.8 Å². The van der Waals surface area contributed by atoms with Crippen molar-refractivity contribution in [2.45, 2.75) is 26.0 Å². The number of aromatic nitrogens is 2. The number of ether oxygens (including phenoxy) is 1. The standard InChI is InChI=1S/C10H15ClN4O2/c1-6(3-8(12)16)13-9-4-7(11)14-10(15-9)5-17-2/h4,6H,3,5H2,1-2H3,(H2,12,16)(H,13,14,15). The summed E-state index contributed by atoms with van der Waals surface area (Å²) in [5.74, 6) is 0.654. The predicted molar refractivity (Wildman–Crippen MR) is 64.7 cm³/mol. The summed E-state index contributed by atoms with van der Waals surface area (Å²) in [7, 11) is 1.55. The second kappa shape index (κ2) is 6.36. The van der Waals surface area contributed by atoms with Gasteiger partial charge in [-0.2, -0.15) is 0 Å². The number of carbonyl (C=O) groups is 1. The number of carbonyl (C=O) groups excluding carboxylic acids is 1. The molecule has 0 radical (unpaired) electrons. The third-order valence-corrected chi connectivity index (χ3v) is 2.11. The maximum atomic E-state index is 10.7. The van der Waals surface area contributed by atoms with Crippen LogP contribution in [0.15, 0.2) is 6.07 Å². The summed E-state index contributed by atoms with van der Waals surface area (Å²) in [6, 6.07) is 1.46. The minimum atomic E-state index is -0.373. The van der Waals surface area contributed by atoms with Crippen molar-refractivity contribution >= 4 is 23.3 Å². The quantitative estimate of drug-likeness (QED) is 0.742. The Morgan fingerprint density at radius 3 is 2.94 bits per heavy atom. The van der Waals surface area contributed by atoms with Crippen molar-refractivity contribution in [3.05, 3.63) is 17.0 Å². The number of halogens is 1. The van der Waals surface area contributed by atoms with Crippen molar-refractivity contribution in [1.82, 2.24) is 9.97 Å². The smallest absolute Gasteiger partial charge is 0.219 e. The molecule has 1 atom stereocenters. The Balaban J connectivity index is 2.72. The molecule has 0 spiro atoms. The van der Waals surface area contributed by atoms with Gasteiger partial charge in [-0.05, 0) is 6.92 Å². The average molecular weight is 259 g/mol. The van der Waals surface area contributed by atoms with Crippen LogP contribution in [0.25, 0.3) is 0 Å². The van der Waals surface area contributed by atoms with E-state index in [4.69, 9.17) is 22.1 Å². The Morgan fingerprint density at radius 2 is 2.35 bits per heavy atom. The van der Waals surface area contributed by atoms with Gasteiger partial charge in [-0.3, -0.25) is 4.79 Å². The first kappa shape index (κ1) is 13.7. The van der Waals surface area contributed by atoms with Crippen LogP contribution < -0.4 is 11.1 Å². The summed E-state index contributed by atoms with van der Waals surface area (Å²) in [5.41, 5.74) is 5.10. The number of hydrogen-bond acceptors (Lipinski definition) is 5. The van der Waals surface area contributed by atoms with Gasteiger partial charge in [-0.1, -0.05) is 11.6 Å². The van der Waals surface area contributed by atoms with Crippen molar-refractivity contribution in [2.24, 2.45) is 5.73 Å². The first-order valence-corrected chi connectivity index (χ1v) is 5.46. The van der Waals surface area contributed by atoms with E-state index in [1.54, 1.807) is 13.2 Å². The number of primary amides is 1. The molecule has 6 nitrogen and oxygen atoms in total. The number of anilines is 1. The number of amides is 1. The van der Waals surface area contributed by atoms with Crippen molar-refractivity contribution in [1.29, 1.82) is 0 Å². The van der Waals surface area contributed by atoms with Crippen LogP contribution in [0.1, 0.15) is 19.2 Å². The first-order chi connectivity index (χ1) is 8.01. The van der Waals surface area contributed by atoms with Gasteiger partial charge in [0.15, 0.2) is 5.82 Å². The van der Waals surface area contributed by atoms with Gasteiger partial charge in [-0.25, -0.2) is 9.97 Å². The van der Waals surface area contributed by atoms with Crippen LogP contribution in [0.5, 0.6) is 0 Å². The number of nitrogens with one attached hydrogen (secondary N) is 1. The van der Waals surface area contributed by atoms with Crippen LogP contribution in [-0.2, 0) is 16.1 Å². The molecule has 7 heteroatoms. The van der Waals surface area contributed by atoms with Crippen LogP contribution in [0.2, 0.25) is 5.15 Å². The minimum absolute atomic E-state index is 0.117. The van der Waals surface area contributed by atoms with Crippen molar-refractivity contribution < 1.29 is 9.53 Å². The van der Waals surface area contributed by atoms with Gasteiger partial charge in [0, 0.05) is 25.6 Å². The summed E-state index contributed by atoms with van der Waals surface area (Å²) in [6.07, 6.45) is 0.223. The Bertz CT molecular complexity index is 400. The highest BCUT2D eigenvalue weighted by molar-refractivity contribution is 6.29. The molecule has 3 N–H and O–H groups in total. The maximum Gasteiger partial charge on any atom is 0.219 e. The zero-order chi connectivity index (χ0) is 12.8. The highest BCUT2D eigenvalue weighted by atomic mass is 35.5. The SMILES string of the molecule is COCc1nc(Cl)cc(NC(C)CC(N)=O)n1. The predicted octanol–water partition coefficient (Wildman–Crippen LogP) is 0.952. The molecule has 0 saturated heterocycles. The Morgan fingerprint density at radius 1 is 1.65 bits per heavy atom. The lowest BCUT2D eigenvalue weighted by Gasteiger charge is -2.13. The molecule has 1 heterocycles. The molecular formula is C10H15ClN4O2. The van der Waals surface area contributed by atoms with E-state index in [-0.39, 0.29) is 25.0 Å². The molecule has 0 aliphatic heterocycles. The number of nitrogens with zero attached hydrogens (tertiary/aromatic N) is 2. The fourth-order valence-electron chi connectivity index (χ4n) is 1.34. The number of nitrogens with two attached hydrogens (primary N) is 1. The van der Waals surface area contributed by atoms with Gasteiger partial charge in [0.05, 0.1) is 0 Å². The van der Waals surface area contributed by atoms with Gasteiger partial charge >= 0.3 is 0 Å². The van der Waals surface area contributed by atoms with Crippen LogP contribution >= 0.6 is 11.6 Å². The van der Waals surface area contributed by atoms with E-state index >= 15 is 0 Å². The van der Waals surface area contributed by atoms with Gasteiger partial charge in [0.2, 0.25) is 5.91 Å². The van der Waals surface area contributed by atoms with Gasteiger partial charge in [0.25, 0.3) is 0 Å². The Hall–Kier alpha value is -1.40. The molecule has 94 valence electrons. The van der Waals surface area contributed by atoms with Crippen LogP contribution in [0.4, 0.5) is 5.82 Å². The molecule has 17 heavy (non-hydrogen) atoms. The van der Waals surface area contributed by atoms with E-state index in [9.17, 15) is 4.79 Å². The van der Waals surface area contributed by atoms with E-state index in [0.29, 0.717) is 16.8 Å². The molecule has 1 aromatic rings. The molecular weight excluding hydrogens is 244 g/mol. The lowest BCUT2D eigenvalue weighted by Crippen LogP contribution is -2.24. The van der Waals surface area contributed by atoms with Crippen LogP contribution in [0, 0.1) is 0 Å². The summed E-state index contributed by atoms with van der Waals surface area (Å²) in [5, 5.41) is 3.34. The fourth-order valence-corrected chi connectivity index (χ4v) is 1.54. The van der Waals surface area contributed by atoms with Crippen molar-refractivity contribution in [3.8, 4) is 0 Å². The first-order valence-electron chi connectivity index (χ1n) is 5.08. The summed E-state index contributed by atoms with van der Waals surface area (Å²) in [4.78, 5) is 18.9. The third-order valence-electron chi connectivity index (χ3n) is 1.92. The number of methoxy groups -OCH3 is 1. The molecule has 1 rings (SSSR count). The molecule has 1 aromatic heterocycles. The van der Waals surface area contributed by atoms with E-state index in [1.807, 2.05) is 6.92 Å². The highest BCUT2D eigenvalue weighted by Gasteiger charge is 2.08. The zero-order valence-electron chi connectivity index (χ0n) is 9.74. The molecule has 0 bridgehead atoms. The summed E-state index contributed by atoms with van der Waals surface area (Å²) < 4.78 is 4.92. The normalized spacial score (nSPS) is 12.2. The topological polar surface area (TPSA) is 90.1 Å². The Kier molecular flexibility index (Phi) is 5.11. The van der Waals surface area contributed by atoms with E-state index in [2.05, 4.69) is 15.3 Å². The minimum Gasteiger partial charge on any atom is -0.377 e. The zero-order valence-corrected chi connectivity index (χ0v) is 10.5. The Labute approximate surface area is 105 Å². The van der Waals surface area contributed by atoms with E-state index in [0.717, 1.165) is 0 Å². The molecule has 0 aliphatic rings. The maximum absolute atomic E-state index is 10.7. The largest absolute Gasteiger partial charge is 0.377 e.